The lowest BCUT2D eigenvalue weighted by Gasteiger charge is -2.10. The maximum absolute atomic E-state index is 11.9. The van der Waals surface area contributed by atoms with Gasteiger partial charge in [-0.2, -0.15) is 0 Å². The van der Waals surface area contributed by atoms with Crippen molar-refractivity contribution in [2.24, 2.45) is 5.73 Å². The molecule has 1 aromatic rings. The maximum atomic E-state index is 11.9. The normalized spacial score (nSPS) is 12.2. The number of nitrogens with one attached hydrogen (secondary N) is 1. The van der Waals surface area contributed by atoms with Crippen LogP contribution in [0.5, 0.6) is 0 Å². The predicted molar refractivity (Wildman–Crippen MR) is 76.8 cm³/mol. The van der Waals surface area contributed by atoms with Crippen molar-refractivity contribution in [3.63, 3.8) is 0 Å². The third-order valence-electron chi connectivity index (χ3n) is 2.36. The first-order valence-electron chi connectivity index (χ1n) is 5.95. The van der Waals surface area contributed by atoms with E-state index in [1.165, 1.54) is 11.3 Å². The van der Waals surface area contributed by atoms with E-state index in [9.17, 15) is 8.42 Å². The minimum absolute atomic E-state index is 0.267. The number of hydrogen-bond donors (Lipinski definition) is 2. The van der Waals surface area contributed by atoms with Crippen LogP contribution >= 0.6 is 11.3 Å². The molecule has 3 N–H and O–H groups in total. The highest BCUT2D eigenvalue weighted by Crippen LogP contribution is 2.18. The smallest absolute Gasteiger partial charge is 0.241 e. The Hall–Kier alpha value is -0.510. The topological polar surface area (TPSA) is 84.7 Å². The third kappa shape index (κ3) is 5.98. The van der Waals surface area contributed by atoms with E-state index in [1.54, 1.807) is 11.4 Å². The molecule has 1 aromatic heterocycles. The molecule has 0 saturated carbocycles. The van der Waals surface area contributed by atoms with Crippen LogP contribution in [0.2, 0.25) is 0 Å². The van der Waals surface area contributed by atoms with Gasteiger partial charge in [0.05, 0.1) is 18.1 Å². The van der Waals surface area contributed by atoms with Crippen molar-refractivity contribution in [1.82, 2.24) is 9.62 Å². The molecule has 0 aliphatic carbocycles. The Morgan fingerprint density at radius 3 is 2.74 bits per heavy atom. The Labute approximate surface area is 118 Å². The zero-order valence-corrected chi connectivity index (χ0v) is 12.9. The molecule has 0 amide bonds. The summed E-state index contributed by atoms with van der Waals surface area (Å²) in [7, 11) is 0.473. The van der Waals surface area contributed by atoms with E-state index in [0.717, 1.165) is 11.4 Å². The van der Waals surface area contributed by atoms with Crippen LogP contribution in [0.15, 0.2) is 16.3 Å². The molecule has 6 nitrogen and oxygen atoms in total. The third-order valence-corrected chi connectivity index (χ3v) is 4.91. The molecule has 0 fully saturated rings. The van der Waals surface area contributed by atoms with E-state index in [-0.39, 0.29) is 11.4 Å². The minimum Gasteiger partial charge on any atom is -0.379 e. The van der Waals surface area contributed by atoms with Gasteiger partial charge in [-0.05, 0) is 20.2 Å². The monoisotopic (exact) mass is 307 g/mol. The number of likely N-dealkylation sites (N-methyl/N-ethyl adjacent to an activating group) is 1. The maximum Gasteiger partial charge on any atom is 0.241 e. The van der Waals surface area contributed by atoms with Crippen LogP contribution in [0.4, 0.5) is 0 Å². The fourth-order valence-corrected chi connectivity index (χ4v) is 3.46. The second-order valence-electron chi connectivity index (χ2n) is 4.27. The highest BCUT2D eigenvalue weighted by molar-refractivity contribution is 7.89. The number of nitrogens with two attached hydrogens (primary N) is 1. The van der Waals surface area contributed by atoms with Gasteiger partial charge < -0.3 is 15.4 Å². The van der Waals surface area contributed by atoms with Gasteiger partial charge in [-0.3, -0.25) is 0 Å². The summed E-state index contributed by atoms with van der Waals surface area (Å²) in [6.07, 6.45) is 0. The van der Waals surface area contributed by atoms with E-state index in [0.29, 0.717) is 19.8 Å². The standard InChI is InChI=1S/C11H21N3O3S2/c1-14(2)4-6-17-5-3-13-19(15,16)11-7-10(8-12)18-9-11/h7,9,13H,3-6,8,12H2,1-2H3. The molecule has 0 aromatic carbocycles. The van der Waals surface area contributed by atoms with Crippen molar-refractivity contribution in [2.45, 2.75) is 11.4 Å². The molecule has 0 radical (unpaired) electrons. The van der Waals surface area contributed by atoms with Crippen molar-refractivity contribution < 1.29 is 13.2 Å². The number of ether oxygens (including phenoxy) is 1. The van der Waals surface area contributed by atoms with Crippen LogP contribution in [-0.4, -0.2) is 53.7 Å². The van der Waals surface area contributed by atoms with Crippen molar-refractivity contribution in [1.29, 1.82) is 0 Å². The minimum atomic E-state index is -3.44. The average Bonchev–Trinajstić information content (AvgIpc) is 2.82. The summed E-state index contributed by atoms with van der Waals surface area (Å²) in [6.45, 7) is 2.39. The predicted octanol–water partition coefficient (Wildman–Crippen LogP) is 0.0633. The molecule has 0 saturated heterocycles. The molecule has 0 unspecified atom stereocenters. The number of nitrogens with zero attached hydrogens (tertiary/aromatic N) is 1. The highest BCUT2D eigenvalue weighted by atomic mass is 32.2. The van der Waals surface area contributed by atoms with E-state index in [1.807, 2.05) is 19.0 Å². The average molecular weight is 307 g/mol. The quantitative estimate of drug-likeness (QED) is 0.630. The lowest BCUT2D eigenvalue weighted by atomic mass is 10.5. The summed E-state index contributed by atoms with van der Waals surface area (Å²) >= 11 is 1.35. The summed E-state index contributed by atoms with van der Waals surface area (Å²) in [5, 5.41) is 1.59. The van der Waals surface area contributed by atoms with Gasteiger partial charge in [0.15, 0.2) is 0 Å². The zero-order chi connectivity index (χ0) is 14.3. The fourth-order valence-electron chi connectivity index (χ4n) is 1.29. The molecule has 0 spiro atoms. The zero-order valence-electron chi connectivity index (χ0n) is 11.3. The highest BCUT2D eigenvalue weighted by Gasteiger charge is 2.15. The van der Waals surface area contributed by atoms with Gasteiger partial charge in [-0.1, -0.05) is 0 Å². The lowest BCUT2D eigenvalue weighted by molar-refractivity contribution is 0.122. The van der Waals surface area contributed by atoms with Gasteiger partial charge in [-0.15, -0.1) is 11.3 Å². The van der Waals surface area contributed by atoms with Crippen LogP contribution in [0, 0.1) is 0 Å². The number of sulfonamides is 1. The number of rotatable bonds is 9. The Kier molecular flexibility index (Phi) is 6.90. The molecular formula is C11H21N3O3S2. The van der Waals surface area contributed by atoms with E-state index in [2.05, 4.69) is 4.72 Å². The lowest BCUT2D eigenvalue weighted by Crippen LogP contribution is -2.28. The molecular weight excluding hydrogens is 286 g/mol. The van der Waals surface area contributed by atoms with E-state index in [4.69, 9.17) is 10.5 Å². The van der Waals surface area contributed by atoms with Gasteiger partial charge in [0.2, 0.25) is 10.0 Å². The largest absolute Gasteiger partial charge is 0.379 e. The van der Waals surface area contributed by atoms with Crippen LogP contribution in [0.25, 0.3) is 0 Å². The molecule has 1 heterocycles. The van der Waals surface area contributed by atoms with Crippen molar-refractivity contribution in [3.8, 4) is 0 Å². The SMILES string of the molecule is CN(C)CCOCCNS(=O)(=O)c1csc(CN)c1. The number of thiophene rings is 1. The molecule has 0 bridgehead atoms. The van der Waals surface area contributed by atoms with Gasteiger partial charge >= 0.3 is 0 Å². The van der Waals surface area contributed by atoms with Crippen molar-refractivity contribution in [2.75, 3.05) is 40.4 Å². The van der Waals surface area contributed by atoms with Gasteiger partial charge in [0.25, 0.3) is 0 Å². The van der Waals surface area contributed by atoms with Crippen molar-refractivity contribution in [3.05, 3.63) is 16.3 Å². The summed E-state index contributed by atoms with van der Waals surface area (Å²) in [6, 6.07) is 1.60. The molecule has 19 heavy (non-hydrogen) atoms. The summed E-state index contributed by atoms with van der Waals surface area (Å²) in [5.41, 5.74) is 5.46. The van der Waals surface area contributed by atoms with Gasteiger partial charge in [-0.25, -0.2) is 13.1 Å². The molecule has 0 aliphatic rings. The van der Waals surface area contributed by atoms with Crippen molar-refractivity contribution >= 4 is 21.4 Å². The van der Waals surface area contributed by atoms with Gasteiger partial charge in [0, 0.05) is 29.9 Å². The Bertz CT molecular complexity index is 471. The van der Waals surface area contributed by atoms with E-state index < -0.39 is 10.0 Å². The first kappa shape index (κ1) is 16.5. The second kappa shape index (κ2) is 7.93. The van der Waals surface area contributed by atoms with Crippen LogP contribution in [-0.2, 0) is 21.3 Å². The molecule has 0 atom stereocenters. The van der Waals surface area contributed by atoms with Crippen LogP contribution in [0.3, 0.4) is 0 Å². The second-order valence-corrected chi connectivity index (χ2v) is 7.03. The van der Waals surface area contributed by atoms with E-state index >= 15 is 0 Å². The first-order chi connectivity index (χ1) is 8.95. The van der Waals surface area contributed by atoms with Gasteiger partial charge in [0.1, 0.15) is 0 Å². The van der Waals surface area contributed by atoms with Crippen LogP contribution in [0.1, 0.15) is 4.88 Å². The Balaban J connectivity index is 2.31. The first-order valence-corrected chi connectivity index (χ1v) is 8.31. The fraction of sp³-hybridized carbons (Fsp3) is 0.636. The summed E-state index contributed by atoms with van der Waals surface area (Å²) in [5.74, 6) is 0. The van der Waals surface area contributed by atoms with Crippen LogP contribution < -0.4 is 10.5 Å². The molecule has 0 aliphatic heterocycles. The molecule has 110 valence electrons. The Morgan fingerprint density at radius 1 is 1.42 bits per heavy atom. The summed E-state index contributed by atoms with van der Waals surface area (Å²) < 4.78 is 31.6. The molecule has 1 rings (SSSR count). The summed E-state index contributed by atoms with van der Waals surface area (Å²) in [4.78, 5) is 3.12. The Morgan fingerprint density at radius 2 is 2.16 bits per heavy atom. The number of hydrogen-bond acceptors (Lipinski definition) is 6. The molecule has 8 heteroatoms.